The van der Waals surface area contributed by atoms with E-state index < -0.39 is 44.0 Å². The molecule has 1 heterocycles. The minimum Gasteiger partial charge on any atom is -0.476 e. The number of sulfone groups is 1. The van der Waals surface area contributed by atoms with Crippen molar-refractivity contribution in [3.63, 3.8) is 0 Å². The summed E-state index contributed by atoms with van der Waals surface area (Å²) >= 11 is 6.88. The van der Waals surface area contributed by atoms with Gasteiger partial charge in [0, 0.05) is 11.8 Å². The molecule has 34 heavy (non-hydrogen) atoms. The first-order chi connectivity index (χ1) is 15.8. The number of hydrogen-bond donors (Lipinski definition) is 3. The Kier molecular flexibility index (Phi) is 7.10. The van der Waals surface area contributed by atoms with Crippen molar-refractivity contribution in [2.45, 2.75) is 11.1 Å². The van der Waals surface area contributed by atoms with Crippen LogP contribution in [0.2, 0.25) is 0 Å². The van der Waals surface area contributed by atoms with Crippen molar-refractivity contribution in [1.82, 2.24) is 10.2 Å². The highest BCUT2D eigenvalue weighted by Crippen LogP contribution is 2.38. The number of nitrogens with one attached hydrogen (secondary N) is 2. The van der Waals surface area contributed by atoms with Gasteiger partial charge in [-0.3, -0.25) is 5.41 Å². The second kappa shape index (κ2) is 9.52. The summed E-state index contributed by atoms with van der Waals surface area (Å²) in [5, 5.41) is 26.5. The van der Waals surface area contributed by atoms with Crippen LogP contribution in [-0.2, 0) is 20.8 Å². The van der Waals surface area contributed by atoms with Crippen LogP contribution in [0.3, 0.4) is 0 Å². The molecule has 0 saturated carbocycles. The van der Waals surface area contributed by atoms with E-state index in [1.807, 2.05) is 0 Å². The monoisotopic (exact) mass is 530 g/mol. The molecule has 3 N–H and O–H groups in total. The fraction of sp³-hybridized carbons (Fsp3) is 0.100. The third-order valence-electron chi connectivity index (χ3n) is 4.29. The average Bonchev–Trinajstić information content (AvgIpc) is 3.25. The van der Waals surface area contributed by atoms with E-state index in [2.05, 4.69) is 15.5 Å². The van der Waals surface area contributed by atoms with Crippen molar-refractivity contribution < 1.29 is 31.5 Å². The van der Waals surface area contributed by atoms with Gasteiger partial charge >= 0.3 is 12.1 Å². The molecule has 0 bridgehead atoms. The maximum absolute atomic E-state index is 13.4. The average molecular weight is 531 g/mol. The molecule has 1 aromatic heterocycles. The number of alkyl halides is 3. The summed E-state index contributed by atoms with van der Waals surface area (Å²) in [5.74, 6) is -1.71. The lowest BCUT2D eigenvalue weighted by molar-refractivity contribution is -0.137. The third-order valence-corrected chi connectivity index (χ3v) is 6.77. The summed E-state index contributed by atoms with van der Waals surface area (Å²) < 4.78 is 64.0. The maximum Gasteiger partial charge on any atom is 0.418 e. The molecule has 0 radical (unpaired) electrons. The molecule has 0 aliphatic rings. The van der Waals surface area contributed by atoms with Gasteiger partial charge in [-0.25, -0.2) is 13.2 Å². The molecule has 0 fully saturated rings. The predicted molar refractivity (Wildman–Crippen MR) is 122 cm³/mol. The highest BCUT2D eigenvalue weighted by molar-refractivity contribution is 7.90. The zero-order valence-corrected chi connectivity index (χ0v) is 19.4. The standard InChI is InChI=1S/C20H14ClF3N4O4S2/c1-34(31,32)11-6-4-5-10(9-11)17-27-28-18(33-17)16(14(21)15(25)19(29)30)26-13-8-3-2-7-12(13)20(22,23)24/h2-9,25-26H,1H3,(H,29,30)/b16-14+,25-15?. The molecule has 0 aliphatic carbocycles. The van der Waals surface area contributed by atoms with Crippen molar-refractivity contribution in [1.29, 1.82) is 5.41 Å². The fourth-order valence-electron chi connectivity index (χ4n) is 2.70. The van der Waals surface area contributed by atoms with Crippen LogP contribution in [0.25, 0.3) is 16.3 Å². The van der Waals surface area contributed by atoms with Crippen LogP contribution in [0.15, 0.2) is 58.5 Å². The van der Waals surface area contributed by atoms with E-state index >= 15 is 0 Å². The molecule has 0 atom stereocenters. The number of carboxylic acid groups (broad SMARTS) is 1. The largest absolute Gasteiger partial charge is 0.476 e. The minimum absolute atomic E-state index is 0.0143. The lowest BCUT2D eigenvalue weighted by atomic mass is 10.1. The van der Waals surface area contributed by atoms with Crippen molar-refractivity contribution >= 4 is 55.8 Å². The Morgan fingerprint density at radius 2 is 1.82 bits per heavy atom. The lowest BCUT2D eigenvalue weighted by Gasteiger charge is -2.16. The summed E-state index contributed by atoms with van der Waals surface area (Å²) in [6.07, 6.45) is -3.71. The Balaban J connectivity index is 2.13. The SMILES string of the molecule is CS(=O)(=O)c1cccc(-c2nnc(/C(Nc3ccccc3C(F)(F)F)=C(\Cl)C(=N)C(=O)O)s2)c1. The summed E-state index contributed by atoms with van der Waals surface area (Å²) in [6.45, 7) is 0. The molecule has 2 aromatic carbocycles. The number of carbonyl (C=O) groups is 1. The number of aromatic nitrogens is 2. The van der Waals surface area contributed by atoms with Gasteiger partial charge in [-0.2, -0.15) is 13.2 Å². The maximum atomic E-state index is 13.4. The van der Waals surface area contributed by atoms with Gasteiger partial charge in [0.1, 0.15) is 5.01 Å². The quantitative estimate of drug-likeness (QED) is 0.375. The van der Waals surface area contributed by atoms with Gasteiger partial charge < -0.3 is 10.4 Å². The van der Waals surface area contributed by atoms with E-state index in [9.17, 15) is 26.4 Å². The first kappa shape index (κ1) is 25.3. The molecule has 0 spiro atoms. The predicted octanol–water partition coefficient (Wildman–Crippen LogP) is 4.75. The van der Waals surface area contributed by atoms with Crippen LogP contribution in [0.4, 0.5) is 18.9 Å². The molecule has 178 valence electrons. The number of nitrogens with zero attached hydrogens (tertiary/aromatic N) is 2. The Bertz CT molecular complexity index is 1420. The molecule has 0 unspecified atom stereocenters. The molecule has 0 amide bonds. The van der Waals surface area contributed by atoms with Gasteiger partial charge in [0.15, 0.2) is 20.6 Å². The van der Waals surface area contributed by atoms with E-state index in [1.165, 1.54) is 30.3 Å². The van der Waals surface area contributed by atoms with Crippen LogP contribution in [0, 0.1) is 5.41 Å². The zero-order chi connectivity index (χ0) is 25.3. The van der Waals surface area contributed by atoms with Crippen LogP contribution in [-0.4, -0.2) is 41.7 Å². The highest BCUT2D eigenvalue weighted by atomic mass is 35.5. The molecule has 3 rings (SSSR count). The lowest BCUT2D eigenvalue weighted by Crippen LogP contribution is -2.16. The molecule has 8 nitrogen and oxygen atoms in total. The molecular weight excluding hydrogens is 517 g/mol. The van der Waals surface area contributed by atoms with E-state index in [4.69, 9.17) is 22.1 Å². The number of aliphatic carboxylic acids is 1. The number of hydrogen-bond acceptors (Lipinski definition) is 8. The highest BCUT2D eigenvalue weighted by Gasteiger charge is 2.34. The van der Waals surface area contributed by atoms with Crippen LogP contribution < -0.4 is 5.32 Å². The molecule has 14 heteroatoms. The number of benzene rings is 2. The fourth-order valence-corrected chi connectivity index (χ4v) is 4.48. The van der Waals surface area contributed by atoms with Gasteiger partial charge in [-0.1, -0.05) is 47.2 Å². The van der Waals surface area contributed by atoms with E-state index in [0.717, 1.165) is 29.7 Å². The smallest absolute Gasteiger partial charge is 0.418 e. The Morgan fingerprint density at radius 3 is 2.44 bits per heavy atom. The van der Waals surface area contributed by atoms with Gasteiger partial charge in [0.25, 0.3) is 0 Å². The number of carboxylic acids is 1. The second-order valence-corrected chi connectivity index (χ2v) is 10.1. The number of anilines is 1. The normalized spacial score (nSPS) is 12.7. The summed E-state index contributed by atoms with van der Waals surface area (Å²) in [5.41, 5.74) is -2.61. The van der Waals surface area contributed by atoms with Crippen molar-refractivity contribution in [2.75, 3.05) is 11.6 Å². The van der Waals surface area contributed by atoms with E-state index in [0.29, 0.717) is 5.56 Å². The molecule has 0 saturated heterocycles. The first-order valence-electron chi connectivity index (χ1n) is 9.08. The molecule has 0 aliphatic heterocycles. The third kappa shape index (κ3) is 5.61. The summed E-state index contributed by atoms with van der Waals surface area (Å²) in [6, 6.07) is 10.2. The van der Waals surface area contributed by atoms with Gasteiger partial charge in [0.2, 0.25) is 0 Å². The Labute approximate surface area is 200 Å². The number of para-hydroxylation sites is 1. The zero-order valence-electron chi connectivity index (χ0n) is 17.0. The van der Waals surface area contributed by atoms with Crippen molar-refractivity contribution in [3.8, 4) is 10.6 Å². The Morgan fingerprint density at radius 1 is 1.15 bits per heavy atom. The van der Waals surface area contributed by atoms with Gasteiger partial charge in [-0.15, -0.1) is 10.2 Å². The van der Waals surface area contributed by atoms with Gasteiger partial charge in [0.05, 0.1) is 26.9 Å². The number of halogens is 4. The van der Waals surface area contributed by atoms with E-state index in [-0.39, 0.29) is 20.6 Å². The van der Waals surface area contributed by atoms with Crippen LogP contribution >= 0.6 is 22.9 Å². The van der Waals surface area contributed by atoms with Crippen LogP contribution in [0.5, 0.6) is 0 Å². The van der Waals surface area contributed by atoms with Crippen molar-refractivity contribution in [3.05, 3.63) is 64.1 Å². The van der Waals surface area contributed by atoms with E-state index in [1.54, 1.807) is 6.07 Å². The molecule has 3 aromatic rings. The second-order valence-electron chi connectivity index (χ2n) is 6.75. The topological polar surface area (TPSA) is 133 Å². The van der Waals surface area contributed by atoms with Crippen molar-refractivity contribution in [2.24, 2.45) is 0 Å². The summed E-state index contributed by atoms with van der Waals surface area (Å²) in [7, 11) is -3.52. The Hall–Kier alpha value is -3.29. The van der Waals surface area contributed by atoms with Crippen LogP contribution in [0.1, 0.15) is 10.6 Å². The first-order valence-corrected chi connectivity index (χ1v) is 12.2. The minimum atomic E-state index is -4.74. The summed E-state index contributed by atoms with van der Waals surface area (Å²) in [4.78, 5) is 11.3. The molecular formula is C20H14ClF3N4O4S2. The number of rotatable bonds is 7. The van der Waals surface area contributed by atoms with Gasteiger partial charge in [-0.05, 0) is 24.3 Å².